The van der Waals surface area contributed by atoms with Crippen LogP contribution in [0.1, 0.15) is 31.2 Å². The predicted molar refractivity (Wildman–Crippen MR) is 95.5 cm³/mol. The zero-order valence-corrected chi connectivity index (χ0v) is 15.3. The van der Waals surface area contributed by atoms with E-state index in [1.54, 1.807) is 4.90 Å². The molecular formula is C19H17F2N5O3. The summed E-state index contributed by atoms with van der Waals surface area (Å²) in [6.07, 6.45) is 6.92. The highest BCUT2D eigenvalue weighted by Gasteiger charge is 2.32. The van der Waals surface area contributed by atoms with Crippen molar-refractivity contribution in [1.29, 1.82) is 0 Å². The summed E-state index contributed by atoms with van der Waals surface area (Å²) in [7, 11) is 0. The number of likely N-dealkylation sites (tertiary alicyclic amines) is 1. The van der Waals surface area contributed by atoms with Crippen molar-refractivity contribution >= 4 is 5.91 Å². The molecule has 0 spiro atoms. The van der Waals surface area contributed by atoms with E-state index in [-0.39, 0.29) is 24.2 Å². The maximum absolute atomic E-state index is 13.7. The molecule has 150 valence electrons. The number of hydrogen-bond donors (Lipinski definition) is 0. The molecule has 2 aromatic heterocycles. The largest absolute Gasteiger partial charge is 0.481 e. The Kier molecular flexibility index (Phi) is 5.41. The van der Waals surface area contributed by atoms with Crippen LogP contribution in [0.4, 0.5) is 8.78 Å². The minimum absolute atomic E-state index is 0.184. The lowest BCUT2D eigenvalue weighted by atomic mass is 10.0. The van der Waals surface area contributed by atoms with E-state index in [4.69, 9.17) is 9.15 Å². The quantitative estimate of drug-likeness (QED) is 0.649. The second-order valence-electron chi connectivity index (χ2n) is 6.50. The van der Waals surface area contributed by atoms with Crippen molar-refractivity contribution in [2.75, 3.05) is 13.2 Å². The van der Waals surface area contributed by atoms with Gasteiger partial charge >= 0.3 is 0 Å². The van der Waals surface area contributed by atoms with Crippen LogP contribution < -0.4 is 4.74 Å². The number of benzene rings is 1. The number of amides is 1. The predicted octanol–water partition coefficient (Wildman–Crippen LogP) is 2.94. The summed E-state index contributed by atoms with van der Waals surface area (Å²) in [6.45, 7) is 0.103. The molecule has 0 bridgehead atoms. The van der Waals surface area contributed by atoms with E-state index in [0.717, 1.165) is 25.0 Å². The average Bonchev–Trinajstić information content (AvgIpc) is 3.24. The normalized spacial score (nSPS) is 16.6. The van der Waals surface area contributed by atoms with Crippen LogP contribution in [0, 0.1) is 11.6 Å². The zero-order valence-electron chi connectivity index (χ0n) is 15.3. The Morgan fingerprint density at radius 3 is 2.93 bits per heavy atom. The summed E-state index contributed by atoms with van der Waals surface area (Å²) < 4.78 is 37.7. The Labute approximate surface area is 164 Å². The number of halogens is 2. The molecule has 0 aliphatic carbocycles. The highest BCUT2D eigenvalue weighted by atomic mass is 19.1. The molecule has 1 aromatic carbocycles. The van der Waals surface area contributed by atoms with Gasteiger partial charge in [0, 0.05) is 25.0 Å². The minimum Gasteiger partial charge on any atom is -0.481 e. The fourth-order valence-corrected chi connectivity index (χ4v) is 3.18. The summed E-state index contributed by atoms with van der Waals surface area (Å²) in [4.78, 5) is 22.4. The zero-order chi connectivity index (χ0) is 20.2. The van der Waals surface area contributed by atoms with Gasteiger partial charge in [-0.25, -0.2) is 13.8 Å². The van der Waals surface area contributed by atoms with Gasteiger partial charge in [0.1, 0.15) is 17.6 Å². The molecular weight excluding hydrogens is 384 g/mol. The first-order valence-electron chi connectivity index (χ1n) is 9.09. The molecule has 4 rings (SSSR count). The van der Waals surface area contributed by atoms with Gasteiger partial charge in [0.05, 0.1) is 6.20 Å². The lowest BCUT2D eigenvalue weighted by Gasteiger charge is -2.33. The second kappa shape index (κ2) is 8.29. The molecule has 1 atom stereocenters. The molecule has 1 aliphatic heterocycles. The van der Waals surface area contributed by atoms with E-state index in [9.17, 15) is 13.6 Å². The lowest BCUT2D eigenvalue weighted by molar-refractivity contribution is -0.137. The van der Waals surface area contributed by atoms with Gasteiger partial charge in [-0.1, -0.05) is 0 Å². The Bertz CT molecular complexity index is 999. The Morgan fingerprint density at radius 2 is 2.14 bits per heavy atom. The Morgan fingerprint density at radius 1 is 1.24 bits per heavy atom. The van der Waals surface area contributed by atoms with Crippen molar-refractivity contribution in [3.8, 4) is 17.3 Å². The monoisotopic (exact) mass is 401 g/mol. The number of piperidine rings is 1. The molecule has 1 aliphatic rings. The molecule has 0 N–H and O–H groups in total. The molecule has 29 heavy (non-hydrogen) atoms. The number of rotatable bonds is 5. The van der Waals surface area contributed by atoms with Crippen molar-refractivity contribution in [3.63, 3.8) is 0 Å². The molecule has 1 saturated heterocycles. The van der Waals surface area contributed by atoms with Crippen LogP contribution in [-0.2, 0) is 4.79 Å². The van der Waals surface area contributed by atoms with E-state index >= 15 is 0 Å². The third-order valence-corrected chi connectivity index (χ3v) is 4.58. The molecule has 1 fully saturated rings. The van der Waals surface area contributed by atoms with Gasteiger partial charge in [-0.15, -0.1) is 10.2 Å². The molecule has 1 amide bonds. The molecule has 0 radical (unpaired) electrons. The highest BCUT2D eigenvalue weighted by molar-refractivity contribution is 5.78. The number of hydrogen-bond acceptors (Lipinski definition) is 7. The minimum atomic E-state index is -0.862. The molecule has 0 saturated carbocycles. The molecule has 10 heteroatoms. The molecule has 8 nitrogen and oxygen atoms in total. The first-order valence-corrected chi connectivity index (χ1v) is 9.09. The fraction of sp³-hybridized carbons (Fsp3) is 0.316. The Balaban J connectivity index is 1.47. The molecule has 3 heterocycles. The maximum Gasteiger partial charge on any atom is 0.267 e. The standard InChI is InChI=1S/C19H17F2N5O3/c20-12-4-5-16(13(21)9-12)28-11-17(27)26-8-2-1-3-15(26)19-25-24-18(29-19)14-10-22-6-7-23-14/h4-7,9-10,15H,1-3,8,11H2. The Hall–Kier alpha value is -3.43. The van der Waals surface area contributed by atoms with Crippen LogP contribution in [0.3, 0.4) is 0 Å². The van der Waals surface area contributed by atoms with Crippen molar-refractivity contribution in [1.82, 2.24) is 25.1 Å². The highest BCUT2D eigenvalue weighted by Crippen LogP contribution is 2.31. The van der Waals surface area contributed by atoms with Gasteiger partial charge in [-0.3, -0.25) is 9.78 Å². The fourth-order valence-electron chi connectivity index (χ4n) is 3.18. The SMILES string of the molecule is O=C(COc1ccc(F)cc1F)N1CCCCC1c1nnc(-c2cnccn2)o1. The first kappa shape index (κ1) is 18.9. The summed E-state index contributed by atoms with van der Waals surface area (Å²) in [5.74, 6) is -1.60. The van der Waals surface area contributed by atoms with Gasteiger partial charge in [-0.05, 0) is 31.4 Å². The van der Waals surface area contributed by atoms with E-state index < -0.39 is 17.7 Å². The number of nitrogens with zero attached hydrogens (tertiary/aromatic N) is 5. The van der Waals surface area contributed by atoms with Gasteiger partial charge in [0.25, 0.3) is 11.8 Å². The number of ether oxygens (including phenoxy) is 1. The van der Waals surface area contributed by atoms with E-state index in [1.807, 2.05) is 0 Å². The summed E-state index contributed by atoms with van der Waals surface area (Å²) in [5, 5.41) is 8.07. The summed E-state index contributed by atoms with van der Waals surface area (Å²) in [5.41, 5.74) is 0.440. The number of aromatic nitrogens is 4. The van der Waals surface area contributed by atoms with Crippen LogP contribution in [-0.4, -0.2) is 44.1 Å². The van der Waals surface area contributed by atoms with Crippen molar-refractivity contribution in [2.24, 2.45) is 0 Å². The molecule has 3 aromatic rings. The van der Waals surface area contributed by atoms with Crippen molar-refractivity contribution in [2.45, 2.75) is 25.3 Å². The topological polar surface area (TPSA) is 94.2 Å². The third-order valence-electron chi connectivity index (χ3n) is 4.58. The van der Waals surface area contributed by atoms with Crippen LogP contribution >= 0.6 is 0 Å². The van der Waals surface area contributed by atoms with Crippen molar-refractivity contribution in [3.05, 3.63) is 54.3 Å². The van der Waals surface area contributed by atoms with Gasteiger partial charge in [0.15, 0.2) is 18.2 Å². The second-order valence-corrected chi connectivity index (χ2v) is 6.50. The number of carbonyl (C=O) groups excluding carboxylic acids is 1. The van der Waals surface area contributed by atoms with E-state index in [2.05, 4.69) is 20.2 Å². The van der Waals surface area contributed by atoms with Crippen LogP contribution in [0.5, 0.6) is 5.75 Å². The summed E-state index contributed by atoms with van der Waals surface area (Å²) in [6, 6.07) is 2.52. The van der Waals surface area contributed by atoms with E-state index in [0.29, 0.717) is 30.6 Å². The van der Waals surface area contributed by atoms with E-state index in [1.165, 1.54) is 18.6 Å². The smallest absolute Gasteiger partial charge is 0.267 e. The maximum atomic E-state index is 13.7. The average molecular weight is 401 g/mol. The lowest BCUT2D eigenvalue weighted by Crippen LogP contribution is -2.41. The van der Waals surface area contributed by atoms with Crippen LogP contribution in [0.2, 0.25) is 0 Å². The third kappa shape index (κ3) is 4.20. The summed E-state index contributed by atoms with van der Waals surface area (Å²) >= 11 is 0. The molecule has 1 unspecified atom stereocenters. The van der Waals surface area contributed by atoms with Gasteiger partial charge in [0.2, 0.25) is 5.89 Å². The van der Waals surface area contributed by atoms with Crippen LogP contribution in [0.15, 0.2) is 41.2 Å². The van der Waals surface area contributed by atoms with Gasteiger partial charge in [-0.2, -0.15) is 0 Å². The van der Waals surface area contributed by atoms with Crippen LogP contribution in [0.25, 0.3) is 11.6 Å². The van der Waals surface area contributed by atoms with Crippen molar-refractivity contribution < 1.29 is 22.7 Å². The first-order chi connectivity index (χ1) is 14.1. The number of carbonyl (C=O) groups is 1. The van der Waals surface area contributed by atoms with Gasteiger partial charge < -0.3 is 14.1 Å².